The molecule has 0 spiro atoms. The number of aryl methyl sites for hydroxylation is 1. The summed E-state index contributed by atoms with van der Waals surface area (Å²) >= 11 is 0. The first-order valence-electron chi connectivity index (χ1n) is 8.43. The van der Waals surface area contributed by atoms with Crippen LogP contribution in [0.5, 0.6) is 11.5 Å². The van der Waals surface area contributed by atoms with E-state index in [1.165, 1.54) is 18.5 Å². The van der Waals surface area contributed by atoms with Crippen molar-refractivity contribution < 1.29 is 19.4 Å². The Morgan fingerprint density at radius 3 is 2.96 bits per heavy atom. The van der Waals surface area contributed by atoms with Crippen molar-refractivity contribution in [2.24, 2.45) is 0 Å². The monoisotopic (exact) mass is 355 g/mol. The van der Waals surface area contributed by atoms with E-state index in [1.807, 2.05) is 25.1 Å². The number of carbonyl (C=O) groups excluding carboxylic acids is 2. The van der Waals surface area contributed by atoms with Crippen LogP contribution in [0.15, 0.2) is 42.7 Å². The van der Waals surface area contributed by atoms with Gasteiger partial charge in [-0.15, -0.1) is 0 Å². The molecule has 1 aliphatic rings. The van der Waals surface area contributed by atoms with Crippen molar-refractivity contribution in [2.45, 2.75) is 19.4 Å². The molecule has 7 nitrogen and oxygen atoms in total. The van der Waals surface area contributed by atoms with Crippen LogP contribution in [0.3, 0.4) is 0 Å². The molecule has 2 heterocycles. The Morgan fingerprint density at radius 1 is 1.35 bits per heavy atom. The van der Waals surface area contributed by atoms with E-state index < -0.39 is 0 Å². The van der Waals surface area contributed by atoms with Gasteiger partial charge in [-0.25, -0.2) is 0 Å². The first-order valence-corrected chi connectivity index (χ1v) is 8.43. The molecule has 0 bridgehead atoms. The predicted molar refractivity (Wildman–Crippen MR) is 95.0 cm³/mol. The highest BCUT2D eigenvalue weighted by molar-refractivity contribution is 5.94. The van der Waals surface area contributed by atoms with Crippen LogP contribution in [0.2, 0.25) is 0 Å². The van der Waals surface area contributed by atoms with E-state index in [0.717, 1.165) is 5.56 Å². The number of carbonyl (C=O) groups is 2. The molecule has 1 aromatic heterocycles. The molecule has 1 unspecified atom stereocenters. The molecule has 1 aromatic carbocycles. The van der Waals surface area contributed by atoms with Gasteiger partial charge in [0, 0.05) is 25.3 Å². The fraction of sp³-hybridized carbons (Fsp3) is 0.316. The summed E-state index contributed by atoms with van der Waals surface area (Å²) in [5, 5.41) is 12.3. The molecular weight excluding hydrogens is 334 g/mol. The van der Waals surface area contributed by atoms with Gasteiger partial charge in [-0.1, -0.05) is 12.1 Å². The molecule has 2 amide bonds. The van der Waals surface area contributed by atoms with Crippen LogP contribution in [-0.2, 0) is 4.79 Å². The van der Waals surface area contributed by atoms with Gasteiger partial charge in [0.25, 0.3) is 11.8 Å². The molecule has 1 atom stereocenters. The predicted octanol–water partition coefficient (Wildman–Crippen LogP) is 1.51. The van der Waals surface area contributed by atoms with Crippen molar-refractivity contribution in [3.05, 3.63) is 53.9 Å². The number of ether oxygens (including phenoxy) is 1. The Bertz CT molecular complexity index is 809. The highest BCUT2D eigenvalue weighted by atomic mass is 16.5. The Balaban J connectivity index is 1.48. The van der Waals surface area contributed by atoms with Crippen molar-refractivity contribution >= 4 is 11.8 Å². The smallest absolute Gasteiger partial charge is 0.258 e. The maximum atomic E-state index is 12.4. The topological polar surface area (TPSA) is 91.8 Å². The molecule has 1 aliphatic heterocycles. The first-order chi connectivity index (χ1) is 12.5. The van der Waals surface area contributed by atoms with Gasteiger partial charge in [0.05, 0.1) is 11.8 Å². The van der Waals surface area contributed by atoms with Crippen LogP contribution in [0.4, 0.5) is 0 Å². The van der Waals surface area contributed by atoms with Crippen LogP contribution in [0, 0.1) is 6.92 Å². The van der Waals surface area contributed by atoms with Crippen LogP contribution < -0.4 is 10.1 Å². The fourth-order valence-corrected chi connectivity index (χ4v) is 2.91. The zero-order chi connectivity index (χ0) is 18.5. The summed E-state index contributed by atoms with van der Waals surface area (Å²) < 4.78 is 5.49. The largest absolute Gasteiger partial charge is 0.506 e. The summed E-state index contributed by atoms with van der Waals surface area (Å²) in [5.74, 6) is 0.180. The van der Waals surface area contributed by atoms with E-state index in [4.69, 9.17) is 4.74 Å². The van der Waals surface area contributed by atoms with Gasteiger partial charge in [0.15, 0.2) is 6.61 Å². The second-order valence-corrected chi connectivity index (χ2v) is 6.34. The number of hydrogen-bond acceptors (Lipinski definition) is 5. The van der Waals surface area contributed by atoms with Gasteiger partial charge in [0.2, 0.25) is 0 Å². The number of aromatic hydroxyl groups is 1. The van der Waals surface area contributed by atoms with Gasteiger partial charge in [-0.3, -0.25) is 14.6 Å². The minimum Gasteiger partial charge on any atom is -0.506 e. The van der Waals surface area contributed by atoms with E-state index in [9.17, 15) is 14.7 Å². The zero-order valence-corrected chi connectivity index (χ0v) is 14.5. The molecule has 1 fully saturated rings. The molecule has 3 rings (SSSR count). The quantitative estimate of drug-likeness (QED) is 0.848. The number of benzene rings is 1. The minimum atomic E-state index is -0.218. The van der Waals surface area contributed by atoms with E-state index in [2.05, 4.69) is 10.3 Å². The molecule has 2 N–H and O–H groups in total. The van der Waals surface area contributed by atoms with Crippen molar-refractivity contribution in [3.8, 4) is 11.5 Å². The van der Waals surface area contributed by atoms with Crippen LogP contribution >= 0.6 is 0 Å². The number of nitrogens with zero attached hydrogens (tertiary/aromatic N) is 2. The summed E-state index contributed by atoms with van der Waals surface area (Å²) in [7, 11) is 0. The van der Waals surface area contributed by atoms with Crippen molar-refractivity contribution in [1.82, 2.24) is 15.2 Å². The van der Waals surface area contributed by atoms with Gasteiger partial charge in [0.1, 0.15) is 11.5 Å². The number of rotatable bonds is 5. The van der Waals surface area contributed by atoms with Crippen LogP contribution in [0.1, 0.15) is 22.3 Å². The number of nitrogens with one attached hydrogen (secondary N) is 1. The molecule has 7 heteroatoms. The third-order valence-corrected chi connectivity index (χ3v) is 4.17. The number of amides is 2. The maximum Gasteiger partial charge on any atom is 0.258 e. The third-order valence-electron chi connectivity index (χ3n) is 4.17. The summed E-state index contributed by atoms with van der Waals surface area (Å²) in [6.45, 7) is 2.85. The van der Waals surface area contributed by atoms with Crippen molar-refractivity contribution in [1.29, 1.82) is 0 Å². The maximum absolute atomic E-state index is 12.4. The molecule has 0 aliphatic carbocycles. The summed E-state index contributed by atoms with van der Waals surface area (Å²) in [4.78, 5) is 29.9. The highest BCUT2D eigenvalue weighted by Crippen LogP contribution is 2.16. The molecule has 26 heavy (non-hydrogen) atoms. The number of aromatic nitrogens is 1. The Kier molecular flexibility index (Phi) is 5.36. The molecule has 0 radical (unpaired) electrons. The zero-order valence-electron chi connectivity index (χ0n) is 14.5. The summed E-state index contributed by atoms with van der Waals surface area (Å²) in [5.41, 5.74) is 1.40. The fourth-order valence-electron chi connectivity index (χ4n) is 2.91. The third kappa shape index (κ3) is 4.50. The van der Waals surface area contributed by atoms with E-state index in [1.54, 1.807) is 11.0 Å². The number of pyridine rings is 1. The average molecular weight is 355 g/mol. The lowest BCUT2D eigenvalue weighted by molar-refractivity contribution is -0.123. The van der Waals surface area contributed by atoms with Crippen LogP contribution in [0.25, 0.3) is 0 Å². The van der Waals surface area contributed by atoms with E-state index >= 15 is 0 Å². The molecular formula is C19H21N3O4. The normalized spacial score (nSPS) is 16.3. The second-order valence-electron chi connectivity index (χ2n) is 6.34. The van der Waals surface area contributed by atoms with E-state index in [-0.39, 0.29) is 30.2 Å². The summed E-state index contributed by atoms with van der Waals surface area (Å²) in [6, 6.07) is 8.78. The van der Waals surface area contributed by atoms with E-state index in [0.29, 0.717) is 30.8 Å². The minimum absolute atomic E-state index is 0.0480. The second kappa shape index (κ2) is 7.86. The number of likely N-dealkylation sites (tertiary alicyclic amines) is 1. The molecule has 1 saturated heterocycles. The van der Waals surface area contributed by atoms with Crippen LogP contribution in [-0.4, -0.2) is 52.5 Å². The molecule has 136 valence electrons. The lowest BCUT2D eigenvalue weighted by atomic mass is 10.2. The molecule has 2 aromatic rings. The van der Waals surface area contributed by atoms with Gasteiger partial charge < -0.3 is 20.1 Å². The Labute approximate surface area is 151 Å². The highest BCUT2D eigenvalue weighted by Gasteiger charge is 2.28. The lowest BCUT2D eigenvalue weighted by Crippen LogP contribution is -2.40. The average Bonchev–Trinajstić information content (AvgIpc) is 3.08. The SMILES string of the molecule is Cc1cccc(OCC(=O)NC2CCN(C(=O)c3cncc(O)c3)C2)c1. The Hall–Kier alpha value is -3.09. The number of hydrogen-bond donors (Lipinski definition) is 2. The van der Waals surface area contributed by atoms with Gasteiger partial charge in [-0.05, 0) is 37.1 Å². The first kappa shape index (κ1) is 17.7. The standard InChI is InChI=1S/C19H21N3O4/c1-13-3-2-4-17(7-13)26-12-18(24)21-15-5-6-22(11-15)19(25)14-8-16(23)10-20-9-14/h2-4,7-10,15,23H,5-6,11-12H2,1H3,(H,21,24). The lowest BCUT2D eigenvalue weighted by Gasteiger charge is -2.17. The van der Waals surface area contributed by atoms with Gasteiger partial charge >= 0.3 is 0 Å². The summed E-state index contributed by atoms with van der Waals surface area (Å²) in [6.07, 6.45) is 3.37. The molecule has 0 saturated carbocycles. The van der Waals surface area contributed by atoms with Crippen molar-refractivity contribution in [3.63, 3.8) is 0 Å². The van der Waals surface area contributed by atoms with Gasteiger partial charge in [-0.2, -0.15) is 0 Å². The Morgan fingerprint density at radius 2 is 2.19 bits per heavy atom. The van der Waals surface area contributed by atoms with Crippen molar-refractivity contribution in [2.75, 3.05) is 19.7 Å².